The Morgan fingerprint density at radius 3 is 2.88 bits per heavy atom. The van der Waals surface area contributed by atoms with Crippen LogP contribution in [0.15, 0.2) is 17.5 Å². The number of thiophene rings is 2. The van der Waals surface area contributed by atoms with Gasteiger partial charge in [-0.15, -0.1) is 22.7 Å². The second kappa shape index (κ2) is 7.61. The number of primary amides is 1. The minimum absolute atomic E-state index is 0.159. The van der Waals surface area contributed by atoms with Crippen LogP contribution in [0.1, 0.15) is 37.4 Å². The summed E-state index contributed by atoms with van der Waals surface area (Å²) in [5, 5.41) is 8.20. The number of likely N-dealkylation sites (N-methyl/N-ethyl adjacent to an activating group) is 1. The normalized spacial score (nSPS) is 14.0. The van der Waals surface area contributed by atoms with Crippen LogP contribution in [-0.4, -0.2) is 34.9 Å². The minimum Gasteiger partial charge on any atom is -0.365 e. The number of carbonyl (C=O) groups excluding carboxylic acids is 2. The maximum atomic E-state index is 12.1. The molecule has 2 aromatic heterocycles. The number of rotatable bonds is 4. The minimum atomic E-state index is -0.475. The third-order valence-electron chi connectivity index (χ3n) is 4.03. The molecule has 3 rings (SSSR count). The lowest BCUT2D eigenvalue weighted by Gasteiger charge is -2.25. The molecule has 0 saturated heterocycles. The molecule has 1 aliphatic heterocycles. The van der Waals surface area contributed by atoms with E-state index in [9.17, 15) is 9.59 Å². The van der Waals surface area contributed by atoms with Gasteiger partial charge in [-0.05, 0) is 42.2 Å². The average Bonchev–Trinajstić information content (AvgIpc) is 3.21. The highest BCUT2D eigenvalue weighted by atomic mass is 32.1. The maximum Gasteiger partial charge on any atom is 0.267 e. The SMILES string of the molecule is CCN1CCc2c(sc(NC(=S)NC(=O)c3cccs3)c2C(N)=O)C1. The van der Waals surface area contributed by atoms with Crippen molar-refractivity contribution in [3.05, 3.63) is 38.4 Å². The van der Waals surface area contributed by atoms with Crippen LogP contribution in [0.25, 0.3) is 0 Å². The first-order chi connectivity index (χ1) is 12.0. The Morgan fingerprint density at radius 2 is 2.24 bits per heavy atom. The van der Waals surface area contributed by atoms with Gasteiger partial charge in [0, 0.05) is 18.0 Å². The van der Waals surface area contributed by atoms with Crippen molar-refractivity contribution in [1.82, 2.24) is 10.2 Å². The molecule has 0 spiro atoms. The van der Waals surface area contributed by atoms with Gasteiger partial charge in [0.05, 0.1) is 10.4 Å². The Balaban J connectivity index is 1.78. The Bertz CT molecular complexity index is 814. The van der Waals surface area contributed by atoms with E-state index in [0.717, 1.165) is 36.5 Å². The molecule has 0 aromatic carbocycles. The van der Waals surface area contributed by atoms with Crippen molar-refractivity contribution in [1.29, 1.82) is 0 Å². The molecule has 25 heavy (non-hydrogen) atoms. The average molecular weight is 395 g/mol. The van der Waals surface area contributed by atoms with Gasteiger partial charge >= 0.3 is 0 Å². The summed E-state index contributed by atoms with van der Waals surface area (Å²) in [5.41, 5.74) is 7.08. The van der Waals surface area contributed by atoms with Crippen LogP contribution < -0.4 is 16.4 Å². The highest BCUT2D eigenvalue weighted by Gasteiger charge is 2.27. The predicted octanol–water partition coefficient (Wildman–Crippen LogP) is 2.41. The van der Waals surface area contributed by atoms with E-state index in [-0.39, 0.29) is 11.0 Å². The Hall–Kier alpha value is -1.81. The van der Waals surface area contributed by atoms with Crippen molar-refractivity contribution in [2.24, 2.45) is 5.73 Å². The summed E-state index contributed by atoms with van der Waals surface area (Å²) in [6.07, 6.45) is 0.786. The lowest BCUT2D eigenvalue weighted by atomic mass is 10.0. The molecule has 6 nitrogen and oxygen atoms in total. The third-order valence-corrected chi connectivity index (χ3v) is 6.23. The molecule has 0 bridgehead atoms. The fraction of sp³-hybridized carbons (Fsp3) is 0.312. The second-order valence-corrected chi connectivity index (χ2v) is 8.04. The summed E-state index contributed by atoms with van der Waals surface area (Å²) in [6, 6.07) is 3.52. The number of nitrogens with one attached hydrogen (secondary N) is 2. The van der Waals surface area contributed by atoms with Crippen LogP contribution in [0, 0.1) is 0 Å². The van der Waals surface area contributed by atoms with Crippen molar-refractivity contribution in [2.75, 3.05) is 18.4 Å². The highest BCUT2D eigenvalue weighted by molar-refractivity contribution is 7.80. The number of nitrogens with zero attached hydrogens (tertiary/aromatic N) is 1. The molecule has 2 aromatic rings. The van der Waals surface area contributed by atoms with E-state index < -0.39 is 5.91 Å². The first kappa shape index (κ1) is 18.0. The number of hydrogen-bond donors (Lipinski definition) is 3. The number of fused-ring (bicyclic) bond motifs is 1. The lowest BCUT2D eigenvalue weighted by molar-refractivity contribution is 0.0979. The van der Waals surface area contributed by atoms with Crippen molar-refractivity contribution >= 4 is 56.8 Å². The standard InChI is InChI=1S/C16H18N4O2S3/c1-2-20-6-5-9-11(8-20)25-15(12(9)13(17)21)19-16(23)18-14(22)10-4-3-7-24-10/h3-4,7H,2,5-6,8H2,1H3,(H2,17,21)(H2,18,19,22,23). The quantitative estimate of drug-likeness (QED) is 0.693. The van der Waals surface area contributed by atoms with Gasteiger partial charge in [0.15, 0.2) is 5.11 Å². The number of anilines is 1. The van der Waals surface area contributed by atoms with Gasteiger partial charge in [-0.25, -0.2) is 0 Å². The first-order valence-corrected chi connectivity index (χ1v) is 9.92. The fourth-order valence-corrected chi connectivity index (χ4v) is 4.96. The van der Waals surface area contributed by atoms with Crippen LogP contribution in [0.5, 0.6) is 0 Å². The van der Waals surface area contributed by atoms with Crippen LogP contribution in [0.3, 0.4) is 0 Å². The molecular formula is C16H18N4O2S3. The van der Waals surface area contributed by atoms with Gasteiger partial charge in [0.25, 0.3) is 11.8 Å². The molecule has 0 atom stereocenters. The van der Waals surface area contributed by atoms with Gasteiger partial charge in [-0.2, -0.15) is 0 Å². The van der Waals surface area contributed by atoms with Gasteiger partial charge in [-0.1, -0.05) is 13.0 Å². The van der Waals surface area contributed by atoms with Gasteiger partial charge < -0.3 is 11.1 Å². The van der Waals surface area contributed by atoms with E-state index in [4.69, 9.17) is 18.0 Å². The first-order valence-electron chi connectivity index (χ1n) is 7.82. The lowest BCUT2D eigenvalue weighted by Crippen LogP contribution is -2.34. The molecule has 0 aliphatic carbocycles. The molecule has 132 valence electrons. The smallest absolute Gasteiger partial charge is 0.267 e. The summed E-state index contributed by atoms with van der Waals surface area (Å²) in [5.74, 6) is -0.746. The van der Waals surface area contributed by atoms with E-state index in [2.05, 4.69) is 22.5 Å². The van der Waals surface area contributed by atoms with Crippen molar-refractivity contribution in [3.63, 3.8) is 0 Å². The molecule has 0 saturated carbocycles. The van der Waals surface area contributed by atoms with Crippen LogP contribution in [0.2, 0.25) is 0 Å². The van der Waals surface area contributed by atoms with Crippen molar-refractivity contribution in [2.45, 2.75) is 19.9 Å². The summed E-state index contributed by atoms with van der Waals surface area (Å²) < 4.78 is 0. The molecule has 0 unspecified atom stereocenters. The predicted molar refractivity (Wildman–Crippen MR) is 105 cm³/mol. The summed E-state index contributed by atoms with van der Waals surface area (Å²) in [6.45, 7) is 4.77. The number of hydrogen-bond acceptors (Lipinski definition) is 6. The third kappa shape index (κ3) is 3.90. The maximum absolute atomic E-state index is 12.1. The van der Waals surface area contributed by atoms with E-state index in [0.29, 0.717) is 15.4 Å². The fourth-order valence-electron chi connectivity index (χ4n) is 2.78. The van der Waals surface area contributed by atoms with E-state index >= 15 is 0 Å². The molecule has 3 heterocycles. The van der Waals surface area contributed by atoms with Crippen LogP contribution in [-0.2, 0) is 13.0 Å². The summed E-state index contributed by atoms with van der Waals surface area (Å²) in [4.78, 5) is 28.0. The van der Waals surface area contributed by atoms with Crippen LogP contribution >= 0.6 is 34.9 Å². The molecule has 1 aliphatic rings. The number of thiocarbonyl (C=S) groups is 1. The van der Waals surface area contributed by atoms with Gasteiger partial charge in [-0.3, -0.25) is 19.8 Å². The molecular weight excluding hydrogens is 376 g/mol. The Labute approximate surface area is 159 Å². The van der Waals surface area contributed by atoms with Gasteiger partial charge in [0.2, 0.25) is 0 Å². The highest BCUT2D eigenvalue weighted by Crippen LogP contribution is 2.36. The summed E-state index contributed by atoms with van der Waals surface area (Å²) in [7, 11) is 0. The zero-order valence-electron chi connectivity index (χ0n) is 13.6. The van der Waals surface area contributed by atoms with E-state index in [1.54, 1.807) is 12.1 Å². The largest absolute Gasteiger partial charge is 0.365 e. The number of carbonyl (C=O) groups is 2. The number of amides is 2. The topological polar surface area (TPSA) is 87.5 Å². The van der Waals surface area contributed by atoms with E-state index in [1.807, 2.05) is 5.38 Å². The Morgan fingerprint density at radius 1 is 1.44 bits per heavy atom. The van der Waals surface area contributed by atoms with Crippen molar-refractivity contribution in [3.8, 4) is 0 Å². The zero-order chi connectivity index (χ0) is 18.0. The zero-order valence-corrected chi connectivity index (χ0v) is 16.1. The molecule has 2 amide bonds. The Kier molecular flexibility index (Phi) is 5.48. The van der Waals surface area contributed by atoms with Crippen molar-refractivity contribution < 1.29 is 9.59 Å². The molecule has 0 fully saturated rings. The number of nitrogens with two attached hydrogens (primary N) is 1. The van der Waals surface area contributed by atoms with Crippen LogP contribution in [0.4, 0.5) is 5.00 Å². The van der Waals surface area contributed by atoms with Gasteiger partial charge in [0.1, 0.15) is 5.00 Å². The molecule has 0 radical (unpaired) electrons. The molecule has 9 heteroatoms. The second-order valence-electron chi connectivity index (χ2n) is 5.58. The van der Waals surface area contributed by atoms with E-state index in [1.165, 1.54) is 22.7 Å². The summed E-state index contributed by atoms with van der Waals surface area (Å²) >= 11 is 8.03. The molecule has 4 N–H and O–H groups in total. The monoisotopic (exact) mass is 394 g/mol.